The first-order valence-corrected chi connectivity index (χ1v) is 9.24. The van der Waals surface area contributed by atoms with Gasteiger partial charge in [0, 0.05) is 23.5 Å². The minimum absolute atomic E-state index is 0.0444. The number of likely N-dealkylation sites (tertiary alicyclic amines) is 1. The Morgan fingerprint density at radius 3 is 2.50 bits per heavy atom. The van der Waals surface area contributed by atoms with Gasteiger partial charge in [-0.25, -0.2) is 4.79 Å². The van der Waals surface area contributed by atoms with Crippen LogP contribution in [0.25, 0.3) is 0 Å². The monoisotopic (exact) mass is 393 g/mol. The number of hydrogen-bond donors (Lipinski definition) is 1. The quantitative estimate of drug-likeness (QED) is 0.722. The van der Waals surface area contributed by atoms with Gasteiger partial charge in [-0.15, -0.1) is 11.3 Å². The number of ether oxygens (including phenoxy) is 2. The van der Waals surface area contributed by atoms with Gasteiger partial charge in [-0.3, -0.25) is 0 Å². The molecule has 1 fully saturated rings. The van der Waals surface area contributed by atoms with Crippen molar-refractivity contribution < 1.29 is 32.5 Å². The number of amides is 1. The van der Waals surface area contributed by atoms with Crippen LogP contribution in [0.4, 0.5) is 18.0 Å². The molecule has 0 aliphatic carbocycles. The standard InChI is InChI=1S/C17H22F3NO4S/c1-15(2,3)25-14(23)21-6-4-16(5-7-21)10-8-12(17(18,19)20)26-13(10)11(22)9-24-16/h8,11,22H,4-7,9H2,1-3H3. The summed E-state index contributed by atoms with van der Waals surface area (Å²) in [5.74, 6) is 0. The van der Waals surface area contributed by atoms with Gasteiger partial charge in [-0.1, -0.05) is 0 Å². The van der Waals surface area contributed by atoms with Gasteiger partial charge in [0.05, 0.1) is 12.2 Å². The van der Waals surface area contributed by atoms with E-state index in [-0.39, 0.29) is 6.61 Å². The van der Waals surface area contributed by atoms with Crippen LogP contribution in [0.1, 0.15) is 55.0 Å². The number of nitrogens with zero attached hydrogens (tertiary/aromatic N) is 1. The maximum absolute atomic E-state index is 13.1. The Morgan fingerprint density at radius 2 is 1.96 bits per heavy atom. The summed E-state index contributed by atoms with van der Waals surface area (Å²) in [5.41, 5.74) is -1.11. The molecule has 3 rings (SSSR count). The van der Waals surface area contributed by atoms with Crippen molar-refractivity contribution in [1.82, 2.24) is 4.90 Å². The van der Waals surface area contributed by atoms with Crippen LogP contribution in [-0.4, -0.2) is 41.4 Å². The van der Waals surface area contributed by atoms with E-state index in [1.807, 2.05) is 0 Å². The second-order valence-electron chi connectivity index (χ2n) is 7.67. The SMILES string of the molecule is CC(C)(C)OC(=O)N1CCC2(CC1)OCC(O)c1sc(C(F)(F)F)cc12. The Bertz CT molecular complexity index is 687. The Kier molecular flexibility index (Phi) is 4.77. The van der Waals surface area contributed by atoms with Crippen molar-refractivity contribution in [3.05, 3.63) is 21.4 Å². The number of hydrogen-bond acceptors (Lipinski definition) is 5. The van der Waals surface area contributed by atoms with Crippen LogP contribution in [0.15, 0.2) is 6.07 Å². The van der Waals surface area contributed by atoms with Gasteiger partial charge in [-0.2, -0.15) is 13.2 Å². The predicted molar refractivity (Wildman–Crippen MR) is 89.0 cm³/mol. The number of piperidine rings is 1. The third kappa shape index (κ3) is 3.70. The van der Waals surface area contributed by atoms with Crippen molar-refractivity contribution in [3.8, 4) is 0 Å². The minimum Gasteiger partial charge on any atom is -0.444 e. The molecule has 1 unspecified atom stereocenters. The van der Waals surface area contributed by atoms with Crippen LogP contribution in [0.3, 0.4) is 0 Å². The van der Waals surface area contributed by atoms with Crippen LogP contribution in [0.2, 0.25) is 0 Å². The van der Waals surface area contributed by atoms with Crippen molar-refractivity contribution in [2.45, 2.75) is 57.1 Å². The topological polar surface area (TPSA) is 59.0 Å². The molecular formula is C17H22F3NO4S. The molecule has 146 valence electrons. The summed E-state index contributed by atoms with van der Waals surface area (Å²) >= 11 is 0.573. The molecule has 1 atom stereocenters. The summed E-state index contributed by atoms with van der Waals surface area (Å²) in [6.45, 7) is 5.93. The zero-order chi connectivity index (χ0) is 19.3. The maximum atomic E-state index is 13.1. The second-order valence-corrected chi connectivity index (χ2v) is 8.76. The van der Waals surface area contributed by atoms with Crippen molar-refractivity contribution in [1.29, 1.82) is 0 Å². The van der Waals surface area contributed by atoms with E-state index in [4.69, 9.17) is 9.47 Å². The number of alkyl halides is 3. The Hall–Kier alpha value is -1.32. The van der Waals surface area contributed by atoms with Gasteiger partial charge < -0.3 is 19.5 Å². The van der Waals surface area contributed by atoms with Crippen LogP contribution in [0, 0.1) is 0 Å². The lowest BCUT2D eigenvalue weighted by atomic mass is 9.82. The first kappa shape index (κ1) is 19.4. The minimum atomic E-state index is -4.46. The average molecular weight is 393 g/mol. The number of carbonyl (C=O) groups excluding carboxylic acids is 1. The Balaban J connectivity index is 1.80. The second kappa shape index (κ2) is 6.38. The fraction of sp³-hybridized carbons (Fsp3) is 0.706. The van der Waals surface area contributed by atoms with Crippen molar-refractivity contribution in [2.24, 2.45) is 0 Å². The summed E-state index contributed by atoms with van der Waals surface area (Å²) in [6.07, 6.45) is -5.23. The molecule has 1 N–H and O–H groups in total. The molecule has 0 bridgehead atoms. The van der Waals surface area contributed by atoms with Crippen LogP contribution < -0.4 is 0 Å². The molecule has 0 radical (unpaired) electrons. The number of rotatable bonds is 0. The summed E-state index contributed by atoms with van der Waals surface area (Å²) < 4.78 is 50.5. The van der Waals surface area contributed by atoms with Gasteiger partial charge in [0.15, 0.2) is 0 Å². The normalized spacial score (nSPS) is 23.0. The van der Waals surface area contributed by atoms with E-state index in [9.17, 15) is 23.1 Å². The fourth-order valence-corrected chi connectivity index (χ4v) is 4.42. The molecule has 3 heterocycles. The molecule has 1 aromatic rings. The van der Waals surface area contributed by atoms with Gasteiger partial charge in [0.2, 0.25) is 0 Å². The number of aliphatic hydroxyl groups is 1. The molecule has 1 spiro atoms. The Morgan fingerprint density at radius 1 is 1.35 bits per heavy atom. The van der Waals surface area contributed by atoms with Crippen LogP contribution in [0.5, 0.6) is 0 Å². The molecule has 2 aliphatic rings. The summed E-state index contributed by atoms with van der Waals surface area (Å²) in [4.78, 5) is 13.3. The lowest BCUT2D eigenvalue weighted by molar-refractivity contribution is -0.135. The maximum Gasteiger partial charge on any atom is 0.425 e. The zero-order valence-corrected chi connectivity index (χ0v) is 15.7. The molecule has 1 aromatic heterocycles. The zero-order valence-electron chi connectivity index (χ0n) is 14.9. The van der Waals surface area contributed by atoms with Crippen molar-refractivity contribution >= 4 is 17.4 Å². The first-order chi connectivity index (χ1) is 11.9. The number of aliphatic hydroxyl groups excluding tert-OH is 1. The fourth-order valence-electron chi connectivity index (χ4n) is 3.33. The van der Waals surface area contributed by atoms with Crippen molar-refractivity contribution in [2.75, 3.05) is 19.7 Å². The highest BCUT2D eigenvalue weighted by Gasteiger charge is 2.47. The van der Waals surface area contributed by atoms with Crippen molar-refractivity contribution in [3.63, 3.8) is 0 Å². The molecule has 2 aliphatic heterocycles. The molecule has 0 saturated carbocycles. The largest absolute Gasteiger partial charge is 0.444 e. The third-order valence-corrected chi connectivity index (χ3v) is 5.86. The van der Waals surface area contributed by atoms with E-state index in [0.717, 1.165) is 6.07 Å². The molecular weight excluding hydrogens is 371 g/mol. The molecule has 9 heteroatoms. The molecule has 1 amide bonds. The summed E-state index contributed by atoms with van der Waals surface area (Å²) in [6, 6.07) is 1.09. The lowest BCUT2D eigenvalue weighted by Gasteiger charge is -2.44. The van der Waals surface area contributed by atoms with E-state index < -0.39 is 34.5 Å². The van der Waals surface area contributed by atoms with E-state index in [2.05, 4.69) is 0 Å². The molecule has 0 aromatic carbocycles. The van der Waals surface area contributed by atoms with Gasteiger partial charge >= 0.3 is 12.3 Å². The molecule has 1 saturated heterocycles. The number of fused-ring (bicyclic) bond motifs is 2. The van der Waals surface area contributed by atoms with E-state index in [0.29, 0.717) is 47.7 Å². The van der Waals surface area contributed by atoms with Crippen LogP contribution >= 0.6 is 11.3 Å². The first-order valence-electron chi connectivity index (χ1n) is 8.43. The number of thiophene rings is 1. The highest BCUT2D eigenvalue weighted by Crippen LogP contribution is 2.50. The smallest absolute Gasteiger partial charge is 0.425 e. The molecule has 5 nitrogen and oxygen atoms in total. The van der Waals surface area contributed by atoms with E-state index in [1.165, 1.54) is 0 Å². The number of carbonyl (C=O) groups is 1. The number of halogens is 3. The lowest BCUT2D eigenvalue weighted by Crippen LogP contribution is -2.49. The average Bonchev–Trinajstić information content (AvgIpc) is 2.97. The summed E-state index contributed by atoms with van der Waals surface area (Å²) in [7, 11) is 0. The van der Waals surface area contributed by atoms with Gasteiger partial charge in [0.1, 0.15) is 16.6 Å². The highest BCUT2D eigenvalue weighted by atomic mass is 32.1. The van der Waals surface area contributed by atoms with E-state index in [1.54, 1.807) is 25.7 Å². The third-order valence-electron chi connectivity index (χ3n) is 4.57. The van der Waals surface area contributed by atoms with Crippen LogP contribution in [-0.2, 0) is 21.3 Å². The predicted octanol–water partition coefficient (Wildman–Crippen LogP) is 4.06. The van der Waals surface area contributed by atoms with E-state index >= 15 is 0 Å². The molecule has 26 heavy (non-hydrogen) atoms. The van der Waals surface area contributed by atoms with Gasteiger partial charge in [0.25, 0.3) is 0 Å². The summed E-state index contributed by atoms with van der Waals surface area (Å²) in [5, 5.41) is 10.1. The highest BCUT2D eigenvalue weighted by molar-refractivity contribution is 7.12. The van der Waals surface area contributed by atoms with Gasteiger partial charge in [-0.05, 0) is 39.7 Å². The Labute approximate surface area is 153 Å².